The van der Waals surface area contributed by atoms with E-state index in [9.17, 15) is 0 Å². The van der Waals surface area contributed by atoms with Crippen molar-refractivity contribution in [3.8, 4) is 21.7 Å². The van der Waals surface area contributed by atoms with E-state index < -0.39 is 0 Å². The third-order valence-corrected chi connectivity index (χ3v) is 6.95. The minimum Gasteiger partial charge on any atom is -0.375 e. The first-order valence-corrected chi connectivity index (χ1v) is 12.0. The molecular weight excluding hydrogens is 406 g/mol. The fourth-order valence-electron chi connectivity index (χ4n) is 4.41. The van der Waals surface area contributed by atoms with Crippen molar-refractivity contribution < 1.29 is 0 Å². The molecule has 1 aliphatic heterocycles. The highest BCUT2D eigenvalue weighted by Crippen LogP contribution is 2.33. The second-order valence-electron chi connectivity index (χ2n) is 8.31. The summed E-state index contributed by atoms with van der Waals surface area (Å²) in [5, 5.41) is 7.64. The van der Waals surface area contributed by atoms with E-state index >= 15 is 0 Å². The summed E-state index contributed by atoms with van der Waals surface area (Å²) < 4.78 is 0. The topological polar surface area (TPSA) is 92.0 Å². The van der Waals surface area contributed by atoms with Crippen LogP contribution in [-0.2, 0) is 0 Å². The van der Waals surface area contributed by atoms with Crippen LogP contribution in [0.3, 0.4) is 0 Å². The average Bonchev–Trinajstić information content (AvgIpc) is 3.27. The van der Waals surface area contributed by atoms with Crippen molar-refractivity contribution in [2.75, 3.05) is 42.1 Å². The van der Waals surface area contributed by atoms with Gasteiger partial charge in [-0.3, -0.25) is 0 Å². The van der Waals surface area contributed by atoms with E-state index in [2.05, 4.69) is 43.7 Å². The molecule has 0 amide bonds. The summed E-state index contributed by atoms with van der Waals surface area (Å²) in [6.45, 7) is 3.84. The number of anilines is 3. The van der Waals surface area contributed by atoms with Crippen LogP contribution in [0, 0.1) is 0 Å². The molecule has 2 fully saturated rings. The lowest BCUT2D eigenvalue weighted by Gasteiger charge is -2.29. The van der Waals surface area contributed by atoms with E-state index in [1.54, 1.807) is 0 Å². The number of nitrogens with two attached hydrogens (primary N) is 1. The van der Waals surface area contributed by atoms with Crippen LogP contribution >= 0.6 is 11.3 Å². The molecule has 4 heterocycles. The Labute approximate surface area is 187 Å². The number of nitrogens with one attached hydrogen (secondary N) is 2. The molecule has 0 atom stereocenters. The first kappa shape index (κ1) is 20.2. The lowest BCUT2D eigenvalue weighted by molar-refractivity contribution is 0.462. The zero-order valence-electron chi connectivity index (χ0n) is 17.7. The van der Waals surface area contributed by atoms with Crippen molar-refractivity contribution in [3.63, 3.8) is 0 Å². The molecule has 31 heavy (non-hydrogen) atoms. The van der Waals surface area contributed by atoms with Gasteiger partial charge in [0.1, 0.15) is 11.6 Å². The molecule has 3 aromatic rings. The van der Waals surface area contributed by atoms with E-state index in [4.69, 9.17) is 10.7 Å². The van der Waals surface area contributed by atoms with E-state index in [0.29, 0.717) is 11.2 Å². The largest absolute Gasteiger partial charge is 0.375 e. The molecule has 4 N–H and O–H groups in total. The highest BCUT2D eigenvalue weighted by molar-refractivity contribution is 7.18. The first-order valence-electron chi connectivity index (χ1n) is 11.2. The van der Waals surface area contributed by atoms with Crippen molar-refractivity contribution >= 4 is 28.1 Å². The van der Waals surface area contributed by atoms with Gasteiger partial charge in [-0.25, -0.2) is 15.0 Å². The molecule has 1 aliphatic carbocycles. The summed E-state index contributed by atoms with van der Waals surface area (Å²) in [5.74, 6) is 1.93. The Kier molecular flexibility index (Phi) is 5.99. The van der Waals surface area contributed by atoms with E-state index in [1.165, 1.54) is 43.4 Å². The number of thiazole rings is 1. The Morgan fingerprint density at radius 2 is 1.87 bits per heavy atom. The number of hydrogen-bond donors (Lipinski definition) is 3. The molecule has 0 spiro atoms. The maximum atomic E-state index is 5.91. The van der Waals surface area contributed by atoms with Crippen LogP contribution in [-0.4, -0.2) is 47.2 Å². The molecule has 0 unspecified atom stereocenters. The molecule has 1 saturated carbocycles. The first-order chi connectivity index (χ1) is 15.2. The van der Waals surface area contributed by atoms with Crippen LogP contribution in [0.15, 0.2) is 36.7 Å². The maximum Gasteiger partial charge on any atom is 0.180 e. The normalized spacial score (nSPS) is 17.6. The molecule has 8 heteroatoms. The average molecular weight is 436 g/mol. The third-order valence-electron chi connectivity index (χ3n) is 6.07. The zero-order valence-corrected chi connectivity index (χ0v) is 18.5. The highest BCUT2D eigenvalue weighted by Gasteiger charge is 2.17. The minimum absolute atomic E-state index is 0.521. The Morgan fingerprint density at radius 3 is 2.65 bits per heavy atom. The predicted molar refractivity (Wildman–Crippen MR) is 129 cm³/mol. The maximum absolute atomic E-state index is 5.91. The second kappa shape index (κ2) is 9.20. The fourth-order valence-corrected chi connectivity index (χ4v) is 5.08. The van der Waals surface area contributed by atoms with Gasteiger partial charge in [-0.1, -0.05) is 30.6 Å². The smallest absolute Gasteiger partial charge is 0.180 e. The molecule has 5 rings (SSSR count). The summed E-state index contributed by atoms with van der Waals surface area (Å²) in [7, 11) is 0. The number of hydrogen-bond acceptors (Lipinski definition) is 8. The molecule has 2 aliphatic rings. The Morgan fingerprint density at radius 1 is 1.03 bits per heavy atom. The number of pyridine rings is 2. The summed E-state index contributed by atoms with van der Waals surface area (Å²) >= 11 is 1.51. The van der Waals surface area contributed by atoms with Crippen LogP contribution in [0.25, 0.3) is 21.7 Å². The van der Waals surface area contributed by atoms with Gasteiger partial charge in [0.2, 0.25) is 0 Å². The number of nitrogen functional groups attached to an aromatic ring is 1. The SMILES string of the molecule is Nc1ncc(-c2cc(-c3ccnc(NC4CCCCC4)c3)nc(N3CCNCC3)c2)s1. The van der Waals surface area contributed by atoms with Crippen LogP contribution in [0.1, 0.15) is 32.1 Å². The Hall–Kier alpha value is -2.71. The number of piperazine rings is 1. The van der Waals surface area contributed by atoms with Gasteiger partial charge in [-0.2, -0.15) is 0 Å². The van der Waals surface area contributed by atoms with Crippen LogP contribution in [0.2, 0.25) is 0 Å². The van der Waals surface area contributed by atoms with Gasteiger partial charge in [0.05, 0.1) is 10.6 Å². The van der Waals surface area contributed by atoms with E-state index in [0.717, 1.165) is 59.5 Å². The third kappa shape index (κ3) is 4.80. The highest BCUT2D eigenvalue weighted by atomic mass is 32.1. The van der Waals surface area contributed by atoms with Gasteiger partial charge in [0, 0.05) is 50.2 Å². The molecule has 162 valence electrons. The number of nitrogens with zero attached hydrogens (tertiary/aromatic N) is 4. The quantitative estimate of drug-likeness (QED) is 0.558. The van der Waals surface area contributed by atoms with Gasteiger partial charge in [-0.15, -0.1) is 0 Å². The van der Waals surface area contributed by atoms with Crippen molar-refractivity contribution in [1.29, 1.82) is 0 Å². The van der Waals surface area contributed by atoms with Crippen LogP contribution in [0.4, 0.5) is 16.8 Å². The molecule has 3 aromatic heterocycles. The summed E-state index contributed by atoms with van der Waals surface area (Å²) in [6, 6.07) is 8.99. The lowest BCUT2D eigenvalue weighted by Crippen LogP contribution is -2.43. The Bertz CT molecular complexity index is 1020. The molecule has 1 saturated heterocycles. The second-order valence-corrected chi connectivity index (χ2v) is 9.37. The summed E-state index contributed by atoms with van der Waals surface area (Å²) in [6.07, 6.45) is 10.1. The number of rotatable bonds is 5. The zero-order chi connectivity index (χ0) is 21.0. The van der Waals surface area contributed by atoms with Gasteiger partial charge in [0.25, 0.3) is 0 Å². The lowest BCUT2D eigenvalue weighted by atomic mass is 9.95. The predicted octanol–water partition coefficient (Wildman–Crippen LogP) is 4.00. The molecular formula is C23H29N7S. The van der Waals surface area contributed by atoms with Crippen molar-refractivity contribution in [1.82, 2.24) is 20.3 Å². The van der Waals surface area contributed by atoms with Gasteiger partial charge in [-0.05, 0) is 42.7 Å². The molecule has 0 bridgehead atoms. The fraction of sp³-hybridized carbons (Fsp3) is 0.435. The summed E-state index contributed by atoms with van der Waals surface area (Å²) in [4.78, 5) is 17.3. The van der Waals surface area contributed by atoms with Crippen LogP contribution in [0.5, 0.6) is 0 Å². The standard InChI is InChI=1S/C23H29N7S/c24-23-27-15-20(31-23)17-12-19(29-22(14-17)30-10-8-25-9-11-30)16-6-7-26-21(13-16)28-18-4-2-1-3-5-18/h6-7,12-15,18,25H,1-5,8-11H2,(H2,24,27)(H,26,28). The van der Waals surface area contributed by atoms with Gasteiger partial charge in [0.15, 0.2) is 5.13 Å². The van der Waals surface area contributed by atoms with Crippen molar-refractivity contribution in [3.05, 3.63) is 36.7 Å². The van der Waals surface area contributed by atoms with Crippen LogP contribution < -0.4 is 21.3 Å². The molecule has 0 radical (unpaired) electrons. The van der Waals surface area contributed by atoms with E-state index in [-0.39, 0.29) is 0 Å². The van der Waals surface area contributed by atoms with E-state index in [1.807, 2.05) is 18.5 Å². The summed E-state index contributed by atoms with van der Waals surface area (Å²) in [5.41, 5.74) is 9.04. The monoisotopic (exact) mass is 435 g/mol. The Balaban J connectivity index is 1.49. The van der Waals surface area contributed by atoms with Gasteiger partial charge < -0.3 is 21.3 Å². The van der Waals surface area contributed by atoms with Crippen molar-refractivity contribution in [2.24, 2.45) is 0 Å². The van der Waals surface area contributed by atoms with Gasteiger partial charge >= 0.3 is 0 Å². The minimum atomic E-state index is 0.521. The van der Waals surface area contributed by atoms with Crippen molar-refractivity contribution in [2.45, 2.75) is 38.1 Å². The molecule has 7 nitrogen and oxygen atoms in total. The molecule has 0 aromatic carbocycles. The number of aromatic nitrogens is 3.